The molecule has 0 aromatic heterocycles. The number of ether oxygens (including phenoxy) is 1. The molecule has 6 heteroatoms. The van der Waals surface area contributed by atoms with Crippen LogP contribution in [-0.2, 0) is 0 Å². The highest BCUT2D eigenvalue weighted by molar-refractivity contribution is 5.89. The monoisotopic (exact) mass is 242 g/mol. The zero-order chi connectivity index (χ0) is 12.6. The molecule has 0 aliphatic rings. The van der Waals surface area contributed by atoms with Crippen molar-refractivity contribution >= 4 is 10.8 Å². The van der Waals surface area contributed by atoms with Gasteiger partial charge in [-0.15, -0.1) is 4.39 Å². The van der Waals surface area contributed by atoms with Gasteiger partial charge in [-0.3, -0.25) is 0 Å². The van der Waals surface area contributed by atoms with Gasteiger partial charge in [0.25, 0.3) is 0 Å². The van der Waals surface area contributed by atoms with Gasteiger partial charge in [0.15, 0.2) is 11.6 Å². The molecule has 0 unspecified atom stereocenters. The number of fused-ring (bicyclic) bond motifs is 1. The lowest BCUT2D eigenvalue weighted by Gasteiger charge is -2.15. The van der Waals surface area contributed by atoms with Gasteiger partial charge in [-0.2, -0.15) is 0 Å². The normalized spacial score (nSPS) is 11.8. The summed E-state index contributed by atoms with van der Waals surface area (Å²) in [6.07, 6.45) is -3.97. The Morgan fingerprint density at radius 1 is 1.12 bits per heavy atom. The first kappa shape index (κ1) is 11.6. The number of hydrogen-bond acceptors (Lipinski definition) is 4. The minimum Gasteiger partial charge on any atom is -0.508 e. The number of aliphatic hydroxyl groups is 2. The molecule has 0 fully saturated rings. The van der Waals surface area contributed by atoms with E-state index in [9.17, 15) is 13.9 Å². The molecule has 3 N–H and O–H groups in total. The standard InChI is InChI=1S/C11H8F2O4/c12-9-4-1-6-5-7(14)2-3-8(6)10(9)17-11(13,15)16/h1-5,14-16H. The summed E-state index contributed by atoms with van der Waals surface area (Å²) in [4.78, 5) is 0. The molecule has 2 aromatic rings. The van der Waals surface area contributed by atoms with Crippen molar-refractivity contribution in [3.05, 3.63) is 36.1 Å². The van der Waals surface area contributed by atoms with Crippen LogP contribution in [0, 0.1) is 5.82 Å². The molecule has 4 nitrogen and oxygen atoms in total. The van der Waals surface area contributed by atoms with Crippen molar-refractivity contribution in [2.75, 3.05) is 0 Å². The lowest BCUT2D eigenvalue weighted by atomic mass is 10.1. The van der Waals surface area contributed by atoms with Crippen LogP contribution in [0.25, 0.3) is 10.8 Å². The molecule has 0 spiro atoms. The van der Waals surface area contributed by atoms with Crippen molar-refractivity contribution in [2.24, 2.45) is 0 Å². The Balaban J connectivity index is 2.64. The Bertz CT molecular complexity index is 563. The van der Waals surface area contributed by atoms with Crippen molar-refractivity contribution in [1.82, 2.24) is 0 Å². The number of halogens is 2. The molecule has 0 radical (unpaired) electrons. The summed E-state index contributed by atoms with van der Waals surface area (Å²) in [6, 6.07) is 6.11. The van der Waals surface area contributed by atoms with E-state index in [-0.39, 0.29) is 11.1 Å². The minimum absolute atomic E-state index is 0.0606. The van der Waals surface area contributed by atoms with Gasteiger partial charge >= 0.3 is 6.23 Å². The molecule has 0 aliphatic carbocycles. The molecular formula is C11H8F2O4. The van der Waals surface area contributed by atoms with Crippen LogP contribution in [0.4, 0.5) is 8.78 Å². The Morgan fingerprint density at radius 2 is 1.82 bits per heavy atom. The van der Waals surface area contributed by atoms with Crippen molar-refractivity contribution in [1.29, 1.82) is 0 Å². The molecule has 0 saturated carbocycles. The lowest BCUT2D eigenvalue weighted by Crippen LogP contribution is -2.29. The van der Waals surface area contributed by atoms with Gasteiger partial charge in [-0.25, -0.2) is 4.39 Å². The van der Waals surface area contributed by atoms with Gasteiger partial charge in [0, 0.05) is 5.39 Å². The van der Waals surface area contributed by atoms with Crippen molar-refractivity contribution in [2.45, 2.75) is 6.23 Å². The SMILES string of the molecule is Oc1ccc2c(OC(O)(O)F)c(F)ccc2c1. The highest BCUT2D eigenvalue weighted by Gasteiger charge is 2.27. The third kappa shape index (κ3) is 2.43. The average molecular weight is 242 g/mol. The highest BCUT2D eigenvalue weighted by atomic mass is 19.2. The Morgan fingerprint density at radius 3 is 2.47 bits per heavy atom. The van der Waals surface area contributed by atoms with E-state index in [4.69, 9.17) is 10.2 Å². The van der Waals surface area contributed by atoms with Gasteiger partial charge in [-0.1, -0.05) is 6.07 Å². The molecule has 0 amide bonds. The Kier molecular flexibility index (Phi) is 2.60. The molecule has 0 bridgehead atoms. The molecular weight excluding hydrogens is 234 g/mol. The number of benzene rings is 2. The maximum absolute atomic E-state index is 13.4. The number of phenols is 1. The molecule has 2 rings (SSSR count). The third-order valence-electron chi connectivity index (χ3n) is 2.14. The van der Waals surface area contributed by atoms with Crippen molar-refractivity contribution in [3.8, 4) is 11.5 Å². The molecule has 2 aromatic carbocycles. The van der Waals surface area contributed by atoms with E-state index < -0.39 is 17.8 Å². The molecule has 0 saturated heterocycles. The minimum atomic E-state index is -3.97. The lowest BCUT2D eigenvalue weighted by molar-refractivity contribution is -0.375. The fraction of sp³-hybridized carbons (Fsp3) is 0.0909. The Labute approximate surface area is 94.3 Å². The molecule has 0 heterocycles. The van der Waals surface area contributed by atoms with Crippen LogP contribution in [0.15, 0.2) is 30.3 Å². The first-order valence-corrected chi connectivity index (χ1v) is 4.61. The number of rotatable bonds is 2. The Hall–Kier alpha value is -1.92. The zero-order valence-corrected chi connectivity index (χ0v) is 8.39. The molecule has 0 atom stereocenters. The number of phenolic OH excluding ortho intramolecular Hbond substituents is 1. The first-order chi connectivity index (χ1) is 7.87. The third-order valence-corrected chi connectivity index (χ3v) is 2.14. The van der Waals surface area contributed by atoms with E-state index in [0.717, 1.165) is 6.07 Å². The quantitative estimate of drug-likeness (QED) is 0.700. The number of hydrogen-bond donors (Lipinski definition) is 3. The summed E-state index contributed by atoms with van der Waals surface area (Å²) in [6.45, 7) is 0. The van der Waals surface area contributed by atoms with Crippen LogP contribution in [0.3, 0.4) is 0 Å². The predicted octanol–water partition coefficient (Wildman–Crippen LogP) is 1.63. The maximum Gasteiger partial charge on any atom is 0.492 e. The van der Waals surface area contributed by atoms with E-state index >= 15 is 0 Å². The van der Waals surface area contributed by atoms with Gasteiger partial charge in [0.05, 0.1) is 0 Å². The molecule has 17 heavy (non-hydrogen) atoms. The second-order valence-electron chi connectivity index (χ2n) is 3.41. The second kappa shape index (κ2) is 3.83. The van der Waals surface area contributed by atoms with Crippen LogP contribution in [0.5, 0.6) is 11.5 Å². The molecule has 0 aliphatic heterocycles. The van der Waals surface area contributed by atoms with Crippen LogP contribution < -0.4 is 4.74 Å². The summed E-state index contributed by atoms with van der Waals surface area (Å²) in [5.74, 6) is -1.65. The van der Waals surface area contributed by atoms with Gasteiger partial charge < -0.3 is 20.1 Å². The fourth-order valence-electron chi connectivity index (χ4n) is 1.50. The van der Waals surface area contributed by atoms with Crippen molar-refractivity contribution in [3.63, 3.8) is 0 Å². The average Bonchev–Trinajstić information content (AvgIpc) is 2.21. The summed E-state index contributed by atoms with van der Waals surface area (Å²) in [5.41, 5.74) is 0. The van der Waals surface area contributed by atoms with E-state index in [1.54, 1.807) is 0 Å². The summed E-state index contributed by atoms with van der Waals surface area (Å²) in [5, 5.41) is 26.6. The van der Waals surface area contributed by atoms with E-state index in [1.165, 1.54) is 24.3 Å². The van der Waals surface area contributed by atoms with E-state index in [0.29, 0.717) is 5.39 Å². The summed E-state index contributed by atoms with van der Waals surface area (Å²) < 4.78 is 30.0. The zero-order valence-electron chi connectivity index (χ0n) is 8.39. The number of aromatic hydroxyl groups is 1. The largest absolute Gasteiger partial charge is 0.508 e. The maximum atomic E-state index is 13.4. The van der Waals surface area contributed by atoms with E-state index in [1.807, 2.05) is 0 Å². The predicted molar refractivity (Wildman–Crippen MR) is 54.5 cm³/mol. The van der Waals surface area contributed by atoms with E-state index in [2.05, 4.69) is 4.74 Å². The topological polar surface area (TPSA) is 69.9 Å². The van der Waals surface area contributed by atoms with Crippen LogP contribution in [0.1, 0.15) is 0 Å². The summed E-state index contributed by atoms with van der Waals surface area (Å²) in [7, 11) is 0. The first-order valence-electron chi connectivity index (χ1n) is 4.61. The van der Waals surface area contributed by atoms with Crippen LogP contribution in [0.2, 0.25) is 0 Å². The highest BCUT2D eigenvalue weighted by Crippen LogP contribution is 2.32. The smallest absolute Gasteiger partial charge is 0.492 e. The van der Waals surface area contributed by atoms with Gasteiger partial charge in [-0.05, 0) is 29.7 Å². The fourth-order valence-corrected chi connectivity index (χ4v) is 1.50. The van der Waals surface area contributed by atoms with Gasteiger partial charge in [0.2, 0.25) is 0 Å². The van der Waals surface area contributed by atoms with Crippen molar-refractivity contribution < 1.29 is 28.8 Å². The number of alkyl halides is 1. The van der Waals surface area contributed by atoms with Crippen LogP contribution >= 0.6 is 0 Å². The van der Waals surface area contributed by atoms with Crippen LogP contribution in [-0.4, -0.2) is 21.5 Å². The second-order valence-corrected chi connectivity index (χ2v) is 3.41. The summed E-state index contributed by atoms with van der Waals surface area (Å²) >= 11 is 0. The van der Waals surface area contributed by atoms with Gasteiger partial charge in [0.1, 0.15) is 5.75 Å². The molecule has 90 valence electrons.